The molecule has 5 nitrogen and oxygen atoms in total. The Bertz CT molecular complexity index is 984. The summed E-state index contributed by atoms with van der Waals surface area (Å²) < 4.78 is 1.25. The molecule has 0 aliphatic heterocycles. The lowest BCUT2D eigenvalue weighted by molar-refractivity contribution is 0.821. The number of nitriles is 1. The summed E-state index contributed by atoms with van der Waals surface area (Å²) in [6, 6.07) is 10.4. The molecule has 0 aliphatic carbocycles. The third-order valence-corrected chi connectivity index (χ3v) is 3.77. The normalized spacial score (nSPS) is 10.6. The van der Waals surface area contributed by atoms with E-state index >= 15 is 0 Å². The van der Waals surface area contributed by atoms with Crippen molar-refractivity contribution in [1.29, 1.82) is 5.26 Å². The first-order valence-electron chi connectivity index (χ1n) is 6.50. The van der Waals surface area contributed by atoms with E-state index in [9.17, 15) is 4.79 Å². The number of fused-ring (bicyclic) bond motifs is 1. The van der Waals surface area contributed by atoms with Gasteiger partial charge in [0.1, 0.15) is 6.07 Å². The number of rotatable bonds is 1. The molecule has 0 aliphatic rings. The van der Waals surface area contributed by atoms with Gasteiger partial charge in [0, 0.05) is 10.4 Å². The zero-order valence-electron chi connectivity index (χ0n) is 11.7. The fourth-order valence-electron chi connectivity index (χ4n) is 2.38. The number of benzene rings is 2. The number of aromatic nitrogens is 2. The van der Waals surface area contributed by atoms with Gasteiger partial charge in [-0.1, -0.05) is 11.6 Å². The maximum Gasteiger partial charge on any atom is 0.281 e. The van der Waals surface area contributed by atoms with Crippen molar-refractivity contribution in [2.75, 3.05) is 5.73 Å². The summed E-state index contributed by atoms with van der Waals surface area (Å²) in [7, 11) is 0. The third-order valence-electron chi connectivity index (χ3n) is 3.51. The summed E-state index contributed by atoms with van der Waals surface area (Å²) in [4.78, 5) is 12.7. The Morgan fingerprint density at radius 3 is 2.64 bits per heavy atom. The zero-order chi connectivity index (χ0) is 15.9. The van der Waals surface area contributed by atoms with Gasteiger partial charge in [0.25, 0.3) is 5.56 Å². The van der Waals surface area contributed by atoms with E-state index in [1.807, 2.05) is 13.0 Å². The van der Waals surface area contributed by atoms with Gasteiger partial charge < -0.3 is 5.73 Å². The van der Waals surface area contributed by atoms with Crippen molar-refractivity contribution >= 4 is 28.1 Å². The molecule has 0 radical (unpaired) electrons. The highest BCUT2D eigenvalue weighted by Crippen LogP contribution is 2.25. The summed E-state index contributed by atoms with van der Waals surface area (Å²) in [6.07, 6.45) is 1.58. The average Bonchev–Trinajstić information content (AvgIpc) is 2.51. The second-order valence-electron chi connectivity index (χ2n) is 4.89. The SMILES string of the molecule is Cc1cc(C#N)c(N)c2c(=O)n(-c3ccc(Cl)cc3)ncc12. The van der Waals surface area contributed by atoms with Crippen LogP contribution in [-0.2, 0) is 0 Å². The highest BCUT2D eigenvalue weighted by atomic mass is 35.5. The van der Waals surface area contributed by atoms with Crippen molar-refractivity contribution in [1.82, 2.24) is 9.78 Å². The molecule has 0 amide bonds. The molecule has 0 saturated carbocycles. The molecule has 2 aromatic carbocycles. The van der Waals surface area contributed by atoms with Crippen LogP contribution in [0.25, 0.3) is 16.5 Å². The number of aryl methyl sites for hydroxylation is 1. The van der Waals surface area contributed by atoms with Crippen molar-refractivity contribution in [2.45, 2.75) is 6.92 Å². The van der Waals surface area contributed by atoms with E-state index in [-0.39, 0.29) is 16.8 Å². The second kappa shape index (κ2) is 5.17. The molecule has 3 aromatic rings. The molecule has 0 atom stereocenters. The maximum absolute atomic E-state index is 12.7. The molecule has 1 heterocycles. The number of nitrogens with zero attached hydrogens (tertiary/aromatic N) is 3. The number of hydrogen-bond donors (Lipinski definition) is 1. The maximum atomic E-state index is 12.7. The Morgan fingerprint density at radius 2 is 2.00 bits per heavy atom. The summed E-state index contributed by atoms with van der Waals surface area (Å²) in [5.74, 6) is 0. The molecule has 6 heteroatoms. The summed E-state index contributed by atoms with van der Waals surface area (Å²) in [5.41, 5.74) is 7.45. The van der Waals surface area contributed by atoms with Gasteiger partial charge in [0.2, 0.25) is 0 Å². The second-order valence-corrected chi connectivity index (χ2v) is 5.33. The molecule has 0 saturated heterocycles. The third kappa shape index (κ3) is 2.10. The van der Waals surface area contributed by atoms with E-state index in [4.69, 9.17) is 22.6 Å². The molecule has 3 rings (SSSR count). The van der Waals surface area contributed by atoms with Gasteiger partial charge in [-0.25, -0.2) is 0 Å². The minimum absolute atomic E-state index is 0.179. The van der Waals surface area contributed by atoms with Gasteiger partial charge in [-0.2, -0.15) is 15.0 Å². The first-order chi connectivity index (χ1) is 10.5. The van der Waals surface area contributed by atoms with Gasteiger partial charge >= 0.3 is 0 Å². The zero-order valence-corrected chi connectivity index (χ0v) is 12.4. The van der Waals surface area contributed by atoms with Crippen molar-refractivity contribution < 1.29 is 0 Å². The number of anilines is 1. The van der Waals surface area contributed by atoms with Crippen LogP contribution in [-0.4, -0.2) is 9.78 Å². The van der Waals surface area contributed by atoms with E-state index < -0.39 is 0 Å². The average molecular weight is 311 g/mol. The number of halogens is 1. The molecule has 0 bridgehead atoms. The van der Waals surface area contributed by atoms with Crippen LogP contribution in [0, 0.1) is 18.3 Å². The van der Waals surface area contributed by atoms with Gasteiger partial charge in [-0.15, -0.1) is 0 Å². The lowest BCUT2D eigenvalue weighted by atomic mass is 10.0. The Balaban J connectivity index is 2.39. The van der Waals surface area contributed by atoms with E-state index in [0.717, 1.165) is 5.56 Å². The van der Waals surface area contributed by atoms with Crippen LogP contribution in [0.15, 0.2) is 41.3 Å². The number of hydrogen-bond acceptors (Lipinski definition) is 4. The largest absolute Gasteiger partial charge is 0.397 e. The monoisotopic (exact) mass is 310 g/mol. The molecule has 2 N–H and O–H groups in total. The fraction of sp³-hybridized carbons (Fsp3) is 0.0625. The lowest BCUT2D eigenvalue weighted by Crippen LogP contribution is -2.22. The highest BCUT2D eigenvalue weighted by Gasteiger charge is 2.14. The van der Waals surface area contributed by atoms with Crippen LogP contribution in [0.5, 0.6) is 0 Å². The standard InChI is InChI=1S/C16H11ClN4O/c1-9-6-10(7-18)15(19)14-13(9)8-20-21(16(14)22)12-4-2-11(17)3-5-12/h2-6,8H,19H2,1H3. The quantitative estimate of drug-likeness (QED) is 0.700. The molecule has 0 spiro atoms. The molecule has 1 aromatic heterocycles. The van der Waals surface area contributed by atoms with Gasteiger partial charge in [0.15, 0.2) is 0 Å². The van der Waals surface area contributed by atoms with Crippen molar-refractivity contribution in [3.63, 3.8) is 0 Å². The first-order valence-corrected chi connectivity index (χ1v) is 6.88. The lowest BCUT2D eigenvalue weighted by Gasteiger charge is -2.10. The molecular weight excluding hydrogens is 300 g/mol. The minimum Gasteiger partial charge on any atom is -0.397 e. The Labute approximate surface area is 131 Å². The summed E-state index contributed by atoms with van der Waals surface area (Å²) in [6.45, 7) is 1.82. The topological polar surface area (TPSA) is 84.7 Å². The van der Waals surface area contributed by atoms with Gasteiger partial charge in [-0.3, -0.25) is 4.79 Å². The van der Waals surface area contributed by atoms with Crippen LogP contribution in [0.1, 0.15) is 11.1 Å². The Kier molecular flexibility index (Phi) is 3.32. The predicted molar refractivity (Wildman–Crippen MR) is 86.2 cm³/mol. The van der Waals surface area contributed by atoms with Crippen LogP contribution < -0.4 is 11.3 Å². The highest BCUT2D eigenvalue weighted by molar-refractivity contribution is 6.30. The molecule has 0 unspecified atom stereocenters. The van der Waals surface area contributed by atoms with Crippen molar-refractivity contribution in [3.05, 3.63) is 63.0 Å². The Morgan fingerprint density at radius 1 is 1.32 bits per heavy atom. The first kappa shape index (κ1) is 14.1. The smallest absolute Gasteiger partial charge is 0.281 e. The van der Waals surface area contributed by atoms with Crippen molar-refractivity contribution in [2.24, 2.45) is 0 Å². The van der Waals surface area contributed by atoms with Crippen LogP contribution in [0.4, 0.5) is 5.69 Å². The van der Waals surface area contributed by atoms with Crippen LogP contribution >= 0.6 is 11.6 Å². The van der Waals surface area contributed by atoms with Crippen LogP contribution in [0.3, 0.4) is 0 Å². The van der Waals surface area contributed by atoms with Crippen molar-refractivity contribution in [3.8, 4) is 11.8 Å². The van der Waals surface area contributed by atoms with Gasteiger partial charge in [0.05, 0.1) is 28.5 Å². The Hall–Kier alpha value is -2.84. The molecule has 108 valence electrons. The molecule has 0 fully saturated rings. The molecular formula is C16H11ClN4O. The number of nitrogens with two attached hydrogens (primary N) is 1. The fourth-order valence-corrected chi connectivity index (χ4v) is 2.50. The molecule has 22 heavy (non-hydrogen) atoms. The summed E-state index contributed by atoms with van der Waals surface area (Å²) >= 11 is 5.86. The number of nitrogen functional groups attached to an aromatic ring is 1. The minimum atomic E-state index is -0.363. The van der Waals surface area contributed by atoms with E-state index in [0.29, 0.717) is 21.5 Å². The van der Waals surface area contributed by atoms with E-state index in [1.54, 1.807) is 36.5 Å². The van der Waals surface area contributed by atoms with E-state index in [1.165, 1.54) is 4.68 Å². The summed E-state index contributed by atoms with van der Waals surface area (Å²) in [5, 5.41) is 14.8. The van der Waals surface area contributed by atoms with Gasteiger partial charge in [-0.05, 0) is 42.8 Å². The van der Waals surface area contributed by atoms with E-state index in [2.05, 4.69) is 5.10 Å². The predicted octanol–water partition coefficient (Wildman–Crippen LogP) is 2.80. The van der Waals surface area contributed by atoms with Crippen LogP contribution in [0.2, 0.25) is 5.02 Å².